The molecule has 26 heavy (non-hydrogen) atoms. The van der Waals surface area contributed by atoms with Crippen LogP contribution < -0.4 is 10.6 Å². The number of ether oxygens (including phenoxy) is 1. The molecule has 0 bridgehead atoms. The van der Waals surface area contributed by atoms with Crippen molar-refractivity contribution in [3.63, 3.8) is 0 Å². The molecule has 2 N–H and O–H groups in total. The van der Waals surface area contributed by atoms with Gasteiger partial charge in [-0.2, -0.15) is 0 Å². The number of halogens is 1. The van der Waals surface area contributed by atoms with Gasteiger partial charge in [0.15, 0.2) is 5.96 Å². The summed E-state index contributed by atoms with van der Waals surface area (Å²) in [6.07, 6.45) is 7.36. The van der Waals surface area contributed by atoms with Crippen LogP contribution in [0, 0.1) is 11.8 Å². The van der Waals surface area contributed by atoms with Crippen molar-refractivity contribution < 1.29 is 9.53 Å². The van der Waals surface area contributed by atoms with Crippen LogP contribution in [-0.2, 0) is 9.53 Å². The van der Waals surface area contributed by atoms with E-state index in [1.54, 1.807) is 19.0 Å². The molecule has 0 aromatic heterocycles. The molecule has 0 aromatic carbocycles. The third-order valence-corrected chi connectivity index (χ3v) is 5.45. The first-order valence-corrected chi connectivity index (χ1v) is 9.82. The molecule has 2 fully saturated rings. The molecule has 0 spiro atoms. The van der Waals surface area contributed by atoms with E-state index in [1.807, 2.05) is 0 Å². The van der Waals surface area contributed by atoms with E-state index in [2.05, 4.69) is 29.5 Å². The summed E-state index contributed by atoms with van der Waals surface area (Å²) in [4.78, 5) is 17.9. The van der Waals surface area contributed by atoms with Crippen LogP contribution in [0.3, 0.4) is 0 Å². The number of hydrogen-bond acceptors (Lipinski definition) is 3. The predicted molar refractivity (Wildman–Crippen MR) is 117 cm³/mol. The number of carbonyl (C=O) groups excluding carboxylic acids is 1. The maximum absolute atomic E-state index is 11.9. The van der Waals surface area contributed by atoms with Crippen LogP contribution >= 0.6 is 24.0 Å². The molecule has 1 aliphatic heterocycles. The van der Waals surface area contributed by atoms with E-state index < -0.39 is 0 Å². The van der Waals surface area contributed by atoms with Gasteiger partial charge in [-0.05, 0) is 50.4 Å². The Bertz CT molecular complexity index is 443. The second-order valence-corrected chi connectivity index (χ2v) is 7.97. The average molecular weight is 480 g/mol. The summed E-state index contributed by atoms with van der Waals surface area (Å²) in [6, 6.07) is 0.445. The minimum atomic E-state index is 0. The van der Waals surface area contributed by atoms with Gasteiger partial charge in [-0.25, -0.2) is 4.99 Å². The molecule has 152 valence electrons. The first kappa shape index (κ1) is 23.5. The highest BCUT2D eigenvalue weighted by Crippen LogP contribution is 2.29. The molecule has 1 saturated carbocycles. The molecule has 1 saturated heterocycles. The highest BCUT2D eigenvalue weighted by atomic mass is 127. The first-order chi connectivity index (χ1) is 12.0. The minimum absolute atomic E-state index is 0. The lowest BCUT2D eigenvalue weighted by atomic mass is 9.80. The second kappa shape index (κ2) is 12.0. The zero-order chi connectivity index (χ0) is 18.2. The number of nitrogens with zero attached hydrogens (tertiary/aromatic N) is 2. The van der Waals surface area contributed by atoms with E-state index >= 15 is 0 Å². The molecule has 1 heterocycles. The van der Waals surface area contributed by atoms with Gasteiger partial charge in [0.2, 0.25) is 5.91 Å². The van der Waals surface area contributed by atoms with Gasteiger partial charge >= 0.3 is 0 Å². The average Bonchev–Trinajstić information content (AvgIpc) is 3.10. The zero-order valence-electron chi connectivity index (χ0n) is 16.8. The lowest BCUT2D eigenvalue weighted by Gasteiger charge is -2.32. The van der Waals surface area contributed by atoms with Gasteiger partial charge in [0.25, 0.3) is 0 Å². The van der Waals surface area contributed by atoms with Crippen LogP contribution in [0.4, 0.5) is 0 Å². The fourth-order valence-corrected chi connectivity index (χ4v) is 3.58. The topological polar surface area (TPSA) is 66.0 Å². The van der Waals surface area contributed by atoms with Gasteiger partial charge in [-0.1, -0.05) is 13.8 Å². The highest BCUT2D eigenvalue weighted by Gasteiger charge is 2.24. The summed E-state index contributed by atoms with van der Waals surface area (Å²) in [7, 11) is 3.52. The number of carbonyl (C=O) groups is 1. The van der Waals surface area contributed by atoms with Crippen LogP contribution in [0.1, 0.15) is 52.4 Å². The van der Waals surface area contributed by atoms with Crippen molar-refractivity contribution in [1.82, 2.24) is 15.5 Å². The summed E-state index contributed by atoms with van der Waals surface area (Å²) in [5.74, 6) is 2.37. The fourth-order valence-electron chi connectivity index (χ4n) is 3.58. The molecular weight excluding hydrogens is 443 g/mol. The van der Waals surface area contributed by atoms with Crippen molar-refractivity contribution in [2.75, 3.05) is 33.8 Å². The first-order valence-electron chi connectivity index (χ1n) is 9.82. The number of amides is 1. The fraction of sp³-hybridized carbons (Fsp3) is 0.895. The monoisotopic (exact) mass is 480 g/mol. The third kappa shape index (κ3) is 7.98. The smallest absolute Gasteiger partial charge is 0.243 e. The predicted octanol–water partition coefficient (Wildman–Crippen LogP) is 2.62. The number of hydrogen-bond donors (Lipinski definition) is 2. The lowest BCUT2D eigenvalue weighted by molar-refractivity contribution is -0.127. The Morgan fingerprint density at radius 3 is 2.42 bits per heavy atom. The standard InChI is InChI=1S/C19H36N4O2.HI/c1-14(2)15-7-9-16(10-8-15)22-19(21-13-18(24)23(3)4)20-12-17-6-5-11-25-17;/h14-17H,5-13H2,1-4H3,(H2,20,21,22);1H. The van der Waals surface area contributed by atoms with Crippen molar-refractivity contribution in [2.24, 2.45) is 16.8 Å². The maximum atomic E-state index is 11.9. The molecule has 1 atom stereocenters. The van der Waals surface area contributed by atoms with Crippen molar-refractivity contribution in [3.05, 3.63) is 0 Å². The molecule has 1 amide bonds. The van der Waals surface area contributed by atoms with Crippen LogP contribution in [0.25, 0.3) is 0 Å². The second-order valence-electron chi connectivity index (χ2n) is 7.97. The summed E-state index contributed by atoms with van der Waals surface area (Å²) in [5.41, 5.74) is 0. The summed E-state index contributed by atoms with van der Waals surface area (Å²) < 4.78 is 5.68. The van der Waals surface area contributed by atoms with Crippen molar-refractivity contribution in [2.45, 2.75) is 64.5 Å². The number of likely N-dealkylation sites (N-methyl/N-ethyl adjacent to an activating group) is 1. The number of aliphatic imine (C=N–C) groups is 1. The van der Waals surface area contributed by atoms with E-state index in [-0.39, 0.29) is 42.5 Å². The van der Waals surface area contributed by atoms with E-state index in [1.165, 1.54) is 25.7 Å². The normalized spacial score (nSPS) is 26.3. The summed E-state index contributed by atoms with van der Waals surface area (Å²) in [5, 5.41) is 6.93. The molecule has 1 aliphatic carbocycles. The Morgan fingerprint density at radius 1 is 1.19 bits per heavy atom. The summed E-state index contributed by atoms with van der Waals surface area (Å²) in [6.45, 7) is 6.42. The van der Waals surface area contributed by atoms with Gasteiger partial charge in [0.05, 0.1) is 6.10 Å². The Balaban J connectivity index is 0.00000338. The van der Waals surface area contributed by atoms with Gasteiger partial charge in [-0.15, -0.1) is 24.0 Å². The van der Waals surface area contributed by atoms with Crippen molar-refractivity contribution in [1.29, 1.82) is 0 Å². The molecular formula is C19H37IN4O2. The molecule has 1 unspecified atom stereocenters. The van der Waals surface area contributed by atoms with Gasteiger partial charge in [0, 0.05) is 33.3 Å². The number of nitrogens with one attached hydrogen (secondary N) is 2. The molecule has 2 rings (SSSR count). The van der Waals surface area contributed by atoms with Gasteiger partial charge in [0.1, 0.15) is 6.54 Å². The number of rotatable bonds is 6. The SMILES string of the molecule is CC(C)C1CCC(NC(=NCC(=O)N(C)C)NCC2CCCO2)CC1.I. The van der Waals surface area contributed by atoms with Crippen LogP contribution in [0.2, 0.25) is 0 Å². The third-order valence-electron chi connectivity index (χ3n) is 5.45. The lowest BCUT2D eigenvalue weighted by Crippen LogP contribution is -2.47. The van der Waals surface area contributed by atoms with E-state index in [0.29, 0.717) is 6.04 Å². The quantitative estimate of drug-likeness (QED) is 0.349. The van der Waals surface area contributed by atoms with E-state index in [9.17, 15) is 4.79 Å². The van der Waals surface area contributed by atoms with Gasteiger partial charge < -0.3 is 20.3 Å². The molecule has 7 heteroatoms. The van der Waals surface area contributed by atoms with E-state index in [0.717, 1.165) is 43.8 Å². The largest absolute Gasteiger partial charge is 0.376 e. The van der Waals surface area contributed by atoms with Crippen molar-refractivity contribution >= 4 is 35.8 Å². The van der Waals surface area contributed by atoms with Crippen LogP contribution in [0.15, 0.2) is 4.99 Å². The number of guanidine groups is 1. The summed E-state index contributed by atoms with van der Waals surface area (Å²) >= 11 is 0. The molecule has 0 radical (unpaired) electrons. The van der Waals surface area contributed by atoms with E-state index in [4.69, 9.17) is 4.74 Å². The van der Waals surface area contributed by atoms with Crippen molar-refractivity contribution in [3.8, 4) is 0 Å². The molecule has 0 aromatic rings. The Kier molecular flexibility index (Phi) is 10.8. The molecule has 6 nitrogen and oxygen atoms in total. The Hall–Kier alpha value is -0.570. The minimum Gasteiger partial charge on any atom is -0.376 e. The van der Waals surface area contributed by atoms with Crippen LogP contribution in [-0.4, -0.2) is 62.7 Å². The maximum Gasteiger partial charge on any atom is 0.243 e. The van der Waals surface area contributed by atoms with Gasteiger partial charge in [-0.3, -0.25) is 4.79 Å². The highest BCUT2D eigenvalue weighted by molar-refractivity contribution is 14.0. The Morgan fingerprint density at radius 2 is 1.88 bits per heavy atom. The Labute approximate surface area is 175 Å². The molecule has 2 aliphatic rings. The van der Waals surface area contributed by atoms with Crippen LogP contribution in [0.5, 0.6) is 0 Å². The zero-order valence-corrected chi connectivity index (χ0v) is 19.1.